The van der Waals surface area contributed by atoms with Crippen LogP contribution in [-0.2, 0) is 11.3 Å². The topological polar surface area (TPSA) is 20.3 Å². The molecule has 0 radical (unpaired) electrons. The zero-order valence-corrected chi connectivity index (χ0v) is 11.8. The molecule has 0 aliphatic heterocycles. The van der Waals surface area contributed by atoms with Crippen molar-refractivity contribution in [1.29, 1.82) is 0 Å². The summed E-state index contributed by atoms with van der Waals surface area (Å²) in [5.41, 5.74) is 0. The lowest BCUT2D eigenvalue weighted by Gasteiger charge is -2.21. The molecule has 84 valence electrons. The Morgan fingerprint density at radius 1 is 1.67 bits per heavy atom. The standard InChI is InChI=1S/C10H13BrClNOS/c1-3-13(10(14)7(2)11)6-8-4-5-9(12)15-8/h4-5,7H,3,6H2,1-2H3. The third kappa shape index (κ3) is 3.78. The molecule has 1 rings (SSSR count). The number of carbonyl (C=O) groups is 1. The molecule has 1 amide bonds. The van der Waals surface area contributed by atoms with E-state index < -0.39 is 0 Å². The molecule has 0 fully saturated rings. The summed E-state index contributed by atoms with van der Waals surface area (Å²) in [7, 11) is 0. The molecule has 0 N–H and O–H groups in total. The Labute approximate surface area is 107 Å². The number of amides is 1. The fourth-order valence-electron chi connectivity index (χ4n) is 1.22. The molecule has 0 aromatic carbocycles. The van der Waals surface area contributed by atoms with Crippen LogP contribution >= 0.6 is 38.9 Å². The van der Waals surface area contributed by atoms with Crippen molar-refractivity contribution in [2.45, 2.75) is 25.2 Å². The van der Waals surface area contributed by atoms with Crippen LogP contribution in [-0.4, -0.2) is 22.2 Å². The molecule has 1 aromatic heterocycles. The van der Waals surface area contributed by atoms with Crippen molar-refractivity contribution in [3.63, 3.8) is 0 Å². The summed E-state index contributed by atoms with van der Waals surface area (Å²) in [6.45, 7) is 5.17. The molecule has 5 heteroatoms. The van der Waals surface area contributed by atoms with Gasteiger partial charge < -0.3 is 4.90 Å². The Balaban J connectivity index is 2.65. The number of halogens is 2. The van der Waals surface area contributed by atoms with Gasteiger partial charge in [0.25, 0.3) is 0 Å². The van der Waals surface area contributed by atoms with Crippen LogP contribution in [0.25, 0.3) is 0 Å². The number of carbonyl (C=O) groups excluding carboxylic acids is 1. The quantitative estimate of drug-likeness (QED) is 0.779. The molecular weight excluding hydrogens is 298 g/mol. The number of hydrogen-bond acceptors (Lipinski definition) is 2. The van der Waals surface area contributed by atoms with Crippen molar-refractivity contribution in [3.8, 4) is 0 Å². The van der Waals surface area contributed by atoms with Gasteiger partial charge >= 0.3 is 0 Å². The zero-order valence-electron chi connectivity index (χ0n) is 8.67. The second-order valence-electron chi connectivity index (χ2n) is 3.17. The van der Waals surface area contributed by atoms with E-state index in [2.05, 4.69) is 15.9 Å². The van der Waals surface area contributed by atoms with Crippen LogP contribution in [0.1, 0.15) is 18.7 Å². The second kappa shape index (κ2) is 5.87. The van der Waals surface area contributed by atoms with Crippen molar-refractivity contribution in [2.24, 2.45) is 0 Å². The number of nitrogens with zero attached hydrogens (tertiary/aromatic N) is 1. The molecule has 15 heavy (non-hydrogen) atoms. The third-order valence-electron chi connectivity index (χ3n) is 2.01. The maximum Gasteiger partial charge on any atom is 0.236 e. The van der Waals surface area contributed by atoms with Gasteiger partial charge in [0.2, 0.25) is 5.91 Å². The van der Waals surface area contributed by atoms with Gasteiger partial charge in [-0.25, -0.2) is 0 Å². The molecule has 0 bridgehead atoms. The second-order valence-corrected chi connectivity index (χ2v) is 6.35. The van der Waals surface area contributed by atoms with E-state index >= 15 is 0 Å². The Hall–Kier alpha value is -0.0600. The lowest BCUT2D eigenvalue weighted by molar-refractivity contribution is -0.130. The van der Waals surface area contributed by atoms with Crippen LogP contribution in [0.15, 0.2) is 12.1 Å². The van der Waals surface area contributed by atoms with Crippen LogP contribution in [0.2, 0.25) is 4.34 Å². The van der Waals surface area contributed by atoms with Crippen LogP contribution in [0.3, 0.4) is 0 Å². The molecule has 0 aliphatic rings. The van der Waals surface area contributed by atoms with Crippen molar-refractivity contribution >= 4 is 44.8 Å². The van der Waals surface area contributed by atoms with Crippen molar-refractivity contribution in [1.82, 2.24) is 4.90 Å². The first kappa shape index (κ1) is 13.0. The fourth-order valence-corrected chi connectivity index (χ4v) is 2.61. The highest BCUT2D eigenvalue weighted by Gasteiger charge is 2.17. The van der Waals surface area contributed by atoms with Crippen LogP contribution in [0, 0.1) is 0 Å². The molecule has 1 aromatic rings. The lowest BCUT2D eigenvalue weighted by atomic mass is 10.3. The Kier molecular flexibility index (Phi) is 5.09. The average molecular weight is 311 g/mol. The summed E-state index contributed by atoms with van der Waals surface area (Å²) >= 11 is 10.6. The summed E-state index contributed by atoms with van der Waals surface area (Å²) in [5.74, 6) is 0.113. The van der Waals surface area contributed by atoms with Crippen LogP contribution in [0.5, 0.6) is 0 Å². The van der Waals surface area contributed by atoms with E-state index in [-0.39, 0.29) is 10.7 Å². The van der Waals surface area contributed by atoms with E-state index in [4.69, 9.17) is 11.6 Å². The summed E-state index contributed by atoms with van der Waals surface area (Å²) in [5, 5.41) is 0. The monoisotopic (exact) mass is 309 g/mol. The smallest absolute Gasteiger partial charge is 0.236 e. The Morgan fingerprint density at radius 3 is 2.73 bits per heavy atom. The van der Waals surface area contributed by atoms with E-state index in [0.717, 1.165) is 9.21 Å². The van der Waals surface area contributed by atoms with E-state index in [1.807, 2.05) is 30.9 Å². The lowest BCUT2D eigenvalue weighted by Crippen LogP contribution is -2.34. The number of alkyl halides is 1. The van der Waals surface area contributed by atoms with Gasteiger partial charge in [-0.05, 0) is 26.0 Å². The van der Waals surface area contributed by atoms with Crippen molar-refractivity contribution in [2.75, 3.05) is 6.54 Å². The first-order chi connectivity index (χ1) is 7.04. The van der Waals surface area contributed by atoms with E-state index in [1.54, 1.807) is 0 Å². The van der Waals surface area contributed by atoms with Gasteiger partial charge in [-0.3, -0.25) is 4.79 Å². The predicted molar refractivity (Wildman–Crippen MR) is 68.8 cm³/mol. The SMILES string of the molecule is CCN(Cc1ccc(Cl)s1)C(=O)C(C)Br. The average Bonchev–Trinajstić information content (AvgIpc) is 2.59. The molecule has 0 saturated heterocycles. The summed E-state index contributed by atoms with van der Waals surface area (Å²) in [6, 6.07) is 3.82. The van der Waals surface area contributed by atoms with Gasteiger partial charge in [0, 0.05) is 11.4 Å². The highest BCUT2D eigenvalue weighted by molar-refractivity contribution is 9.10. The Morgan fingerprint density at radius 2 is 2.33 bits per heavy atom. The largest absolute Gasteiger partial charge is 0.337 e. The van der Waals surface area contributed by atoms with E-state index in [9.17, 15) is 4.79 Å². The van der Waals surface area contributed by atoms with Gasteiger partial charge in [0.05, 0.1) is 15.7 Å². The van der Waals surface area contributed by atoms with Crippen LogP contribution in [0.4, 0.5) is 0 Å². The summed E-state index contributed by atoms with van der Waals surface area (Å²) in [6.07, 6.45) is 0. The van der Waals surface area contributed by atoms with Gasteiger partial charge in [0.1, 0.15) is 0 Å². The van der Waals surface area contributed by atoms with Gasteiger partial charge in [-0.15, -0.1) is 11.3 Å². The molecule has 1 atom stereocenters. The maximum atomic E-state index is 11.7. The number of thiophene rings is 1. The minimum absolute atomic E-state index is 0.113. The van der Waals surface area contributed by atoms with Gasteiger partial charge in [-0.1, -0.05) is 27.5 Å². The first-order valence-corrected chi connectivity index (χ1v) is 6.82. The van der Waals surface area contributed by atoms with Crippen LogP contribution < -0.4 is 0 Å². The van der Waals surface area contributed by atoms with Gasteiger partial charge in [-0.2, -0.15) is 0 Å². The first-order valence-electron chi connectivity index (χ1n) is 4.71. The number of hydrogen-bond donors (Lipinski definition) is 0. The van der Waals surface area contributed by atoms with E-state index in [0.29, 0.717) is 13.1 Å². The Bertz CT molecular complexity index is 340. The molecular formula is C10H13BrClNOS. The summed E-state index contributed by atoms with van der Waals surface area (Å²) < 4.78 is 0.764. The maximum absolute atomic E-state index is 11.7. The zero-order chi connectivity index (χ0) is 11.4. The molecule has 1 unspecified atom stereocenters. The highest BCUT2D eigenvalue weighted by atomic mass is 79.9. The minimum Gasteiger partial charge on any atom is -0.337 e. The van der Waals surface area contributed by atoms with Crippen molar-refractivity contribution in [3.05, 3.63) is 21.3 Å². The van der Waals surface area contributed by atoms with E-state index in [1.165, 1.54) is 11.3 Å². The minimum atomic E-state index is -0.132. The highest BCUT2D eigenvalue weighted by Crippen LogP contribution is 2.23. The number of rotatable bonds is 4. The fraction of sp³-hybridized carbons (Fsp3) is 0.500. The molecule has 0 spiro atoms. The molecule has 0 saturated carbocycles. The van der Waals surface area contributed by atoms with Gasteiger partial charge in [0.15, 0.2) is 0 Å². The third-order valence-corrected chi connectivity index (χ3v) is 3.62. The molecule has 2 nitrogen and oxygen atoms in total. The molecule has 1 heterocycles. The summed E-state index contributed by atoms with van der Waals surface area (Å²) in [4.78, 5) is 14.5. The van der Waals surface area contributed by atoms with Crippen molar-refractivity contribution < 1.29 is 4.79 Å². The molecule has 0 aliphatic carbocycles. The predicted octanol–water partition coefficient (Wildman–Crippen LogP) is 3.53. The normalized spacial score (nSPS) is 12.5.